The van der Waals surface area contributed by atoms with Gasteiger partial charge < -0.3 is 4.57 Å². The number of thiazole rings is 1. The van der Waals surface area contributed by atoms with E-state index in [9.17, 15) is 18.0 Å². The lowest BCUT2D eigenvalue weighted by Gasteiger charge is -2.15. The molecule has 1 aromatic carbocycles. The molecule has 7 heteroatoms. The SMILES string of the molecule is Cc1cc(C(=O)Cn2c3c(sc2=N)CCCC3)cc(C(F)(F)F)c1. The Labute approximate surface area is 141 Å². The minimum absolute atomic E-state index is 0.0463. The molecule has 3 rings (SSSR count). The van der Waals surface area contributed by atoms with Crippen LogP contribution in [0.4, 0.5) is 13.2 Å². The molecule has 0 saturated carbocycles. The number of halogens is 3. The van der Waals surface area contributed by atoms with Gasteiger partial charge in [-0.2, -0.15) is 13.2 Å². The van der Waals surface area contributed by atoms with Gasteiger partial charge in [0, 0.05) is 16.1 Å². The highest BCUT2D eigenvalue weighted by atomic mass is 32.1. The lowest BCUT2D eigenvalue weighted by atomic mass is 10.0. The van der Waals surface area contributed by atoms with Crippen LogP contribution in [0.3, 0.4) is 0 Å². The second-order valence-corrected chi connectivity index (χ2v) is 7.16. The number of fused-ring (bicyclic) bond motifs is 1. The highest BCUT2D eigenvalue weighted by Crippen LogP contribution is 2.31. The van der Waals surface area contributed by atoms with E-state index in [1.165, 1.54) is 17.4 Å². The van der Waals surface area contributed by atoms with E-state index in [1.54, 1.807) is 11.5 Å². The van der Waals surface area contributed by atoms with Crippen LogP contribution in [0.25, 0.3) is 0 Å². The molecule has 2 aromatic rings. The third kappa shape index (κ3) is 3.31. The molecule has 1 aliphatic rings. The van der Waals surface area contributed by atoms with E-state index in [4.69, 9.17) is 5.41 Å². The van der Waals surface area contributed by atoms with Gasteiger partial charge in [0.1, 0.15) is 0 Å². The topological polar surface area (TPSA) is 45.9 Å². The number of Topliss-reactive ketones (excluding diaryl/α,β-unsaturated/α-hetero) is 1. The molecule has 0 fully saturated rings. The fraction of sp³-hybridized carbons (Fsp3) is 0.412. The molecule has 0 aliphatic heterocycles. The Hall–Kier alpha value is -1.89. The van der Waals surface area contributed by atoms with E-state index in [0.29, 0.717) is 10.4 Å². The Morgan fingerprint density at radius 3 is 2.67 bits per heavy atom. The minimum Gasteiger partial charge on any atom is -0.313 e. The number of carbonyl (C=O) groups is 1. The molecule has 0 atom stereocenters. The molecule has 24 heavy (non-hydrogen) atoms. The number of carbonyl (C=O) groups excluding carboxylic acids is 1. The summed E-state index contributed by atoms with van der Waals surface area (Å²) in [4.78, 5) is 13.9. The average molecular weight is 354 g/mol. The summed E-state index contributed by atoms with van der Waals surface area (Å²) in [5, 5.41) is 8.06. The van der Waals surface area contributed by atoms with E-state index in [-0.39, 0.29) is 12.1 Å². The van der Waals surface area contributed by atoms with Crippen LogP contribution in [-0.4, -0.2) is 10.4 Å². The summed E-state index contributed by atoms with van der Waals surface area (Å²) < 4.78 is 40.4. The van der Waals surface area contributed by atoms with Crippen molar-refractivity contribution >= 4 is 17.1 Å². The zero-order valence-corrected chi connectivity index (χ0v) is 14.0. The lowest BCUT2D eigenvalue weighted by molar-refractivity contribution is -0.137. The average Bonchev–Trinajstić information content (AvgIpc) is 2.82. The third-order valence-corrected chi connectivity index (χ3v) is 5.31. The van der Waals surface area contributed by atoms with Gasteiger partial charge >= 0.3 is 6.18 Å². The van der Waals surface area contributed by atoms with Crippen molar-refractivity contribution in [3.63, 3.8) is 0 Å². The molecule has 1 heterocycles. The monoisotopic (exact) mass is 354 g/mol. The van der Waals surface area contributed by atoms with Crippen molar-refractivity contribution in [3.8, 4) is 0 Å². The van der Waals surface area contributed by atoms with Crippen molar-refractivity contribution in [3.05, 3.63) is 50.3 Å². The number of aromatic nitrogens is 1. The van der Waals surface area contributed by atoms with Crippen molar-refractivity contribution in [2.45, 2.75) is 45.3 Å². The van der Waals surface area contributed by atoms with Gasteiger partial charge in [0.2, 0.25) is 0 Å². The molecular weight excluding hydrogens is 337 g/mol. The first-order valence-corrected chi connectivity index (χ1v) is 8.55. The van der Waals surface area contributed by atoms with Crippen LogP contribution < -0.4 is 4.80 Å². The van der Waals surface area contributed by atoms with Crippen LogP contribution in [0.5, 0.6) is 0 Å². The van der Waals surface area contributed by atoms with Gasteiger partial charge in [0.25, 0.3) is 0 Å². The molecule has 0 saturated heterocycles. The van der Waals surface area contributed by atoms with Gasteiger partial charge in [-0.25, -0.2) is 0 Å². The maximum Gasteiger partial charge on any atom is 0.416 e. The first kappa shape index (κ1) is 17.0. The van der Waals surface area contributed by atoms with Crippen molar-refractivity contribution in [2.24, 2.45) is 0 Å². The molecule has 3 nitrogen and oxygen atoms in total. The first-order chi connectivity index (χ1) is 11.3. The molecule has 0 unspecified atom stereocenters. The number of rotatable bonds is 3. The summed E-state index contributed by atoms with van der Waals surface area (Å²) in [7, 11) is 0. The van der Waals surface area contributed by atoms with Crippen LogP contribution in [-0.2, 0) is 25.6 Å². The fourth-order valence-electron chi connectivity index (χ4n) is 3.06. The number of aryl methyl sites for hydroxylation is 2. The molecule has 1 aromatic heterocycles. The fourth-order valence-corrected chi connectivity index (χ4v) is 4.16. The highest BCUT2D eigenvalue weighted by Gasteiger charge is 2.31. The molecule has 1 aliphatic carbocycles. The maximum atomic E-state index is 12.9. The number of nitrogens with one attached hydrogen (secondary N) is 1. The standard InChI is InChI=1S/C17H17F3N2OS/c1-10-6-11(8-12(7-10)17(18,19)20)14(23)9-22-13-4-2-3-5-15(13)24-16(22)21/h6-8,21H,2-5,9H2,1H3. The van der Waals surface area contributed by atoms with E-state index < -0.39 is 17.5 Å². The van der Waals surface area contributed by atoms with Crippen molar-refractivity contribution in [2.75, 3.05) is 0 Å². The number of benzene rings is 1. The number of hydrogen-bond acceptors (Lipinski definition) is 3. The van der Waals surface area contributed by atoms with Crippen molar-refractivity contribution < 1.29 is 18.0 Å². The van der Waals surface area contributed by atoms with E-state index in [1.807, 2.05) is 0 Å². The highest BCUT2D eigenvalue weighted by molar-refractivity contribution is 7.09. The number of hydrogen-bond donors (Lipinski definition) is 1. The molecule has 128 valence electrons. The Bertz CT molecular complexity index is 848. The smallest absolute Gasteiger partial charge is 0.313 e. The quantitative estimate of drug-likeness (QED) is 0.828. The van der Waals surface area contributed by atoms with Gasteiger partial charge in [-0.1, -0.05) is 0 Å². The summed E-state index contributed by atoms with van der Waals surface area (Å²) in [5.41, 5.74) is 0.629. The van der Waals surface area contributed by atoms with Gasteiger partial charge in [-0.3, -0.25) is 10.2 Å². The van der Waals surface area contributed by atoms with Crippen LogP contribution in [0.15, 0.2) is 18.2 Å². The van der Waals surface area contributed by atoms with Gasteiger partial charge in [0.15, 0.2) is 10.6 Å². The minimum atomic E-state index is -4.48. The summed E-state index contributed by atoms with van der Waals surface area (Å²) in [6, 6.07) is 3.41. The molecular formula is C17H17F3N2OS. The molecule has 0 radical (unpaired) electrons. The summed E-state index contributed by atoms with van der Waals surface area (Å²) in [5.74, 6) is -0.395. The second kappa shape index (κ2) is 6.20. The predicted octanol–water partition coefficient (Wildman–Crippen LogP) is 4.12. The zero-order valence-electron chi connectivity index (χ0n) is 13.2. The molecule has 0 bridgehead atoms. The van der Waals surface area contributed by atoms with Gasteiger partial charge in [-0.15, -0.1) is 11.3 Å². The Morgan fingerprint density at radius 1 is 1.25 bits per heavy atom. The van der Waals surface area contributed by atoms with Crippen LogP contribution in [0.1, 0.15) is 44.9 Å². The van der Waals surface area contributed by atoms with Crippen LogP contribution in [0, 0.1) is 12.3 Å². The second-order valence-electron chi connectivity index (χ2n) is 6.08. The Kier molecular flexibility index (Phi) is 4.38. The van der Waals surface area contributed by atoms with Crippen LogP contribution in [0.2, 0.25) is 0 Å². The lowest BCUT2D eigenvalue weighted by Crippen LogP contribution is -2.23. The van der Waals surface area contributed by atoms with E-state index in [0.717, 1.165) is 48.4 Å². The Balaban J connectivity index is 1.93. The van der Waals surface area contributed by atoms with E-state index in [2.05, 4.69) is 0 Å². The summed E-state index contributed by atoms with van der Waals surface area (Å²) >= 11 is 1.36. The number of alkyl halides is 3. The zero-order chi connectivity index (χ0) is 17.5. The maximum absolute atomic E-state index is 12.9. The van der Waals surface area contributed by atoms with Gasteiger partial charge in [0.05, 0.1) is 12.1 Å². The number of nitrogens with zero attached hydrogens (tertiary/aromatic N) is 1. The molecule has 0 amide bonds. The number of ketones is 1. The summed E-state index contributed by atoms with van der Waals surface area (Å²) in [6.45, 7) is 1.47. The third-order valence-electron chi connectivity index (χ3n) is 4.21. The normalized spacial score (nSPS) is 14.5. The molecule has 0 spiro atoms. The van der Waals surface area contributed by atoms with E-state index >= 15 is 0 Å². The van der Waals surface area contributed by atoms with Crippen molar-refractivity contribution in [1.82, 2.24) is 4.57 Å². The predicted molar refractivity (Wildman–Crippen MR) is 85.3 cm³/mol. The largest absolute Gasteiger partial charge is 0.416 e. The summed E-state index contributed by atoms with van der Waals surface area (Å²) in [6.07, 6.45) is -0.653. The van der Waals surface area contributed by atoms with Crippen molar-refractivity contribution in [1.29, 1.82) is 5.41 Å². The molecule has 1 N–H and O–H groups in total. The van der Waals surface area contributed by atoms with Gasteiger partial charge in [-0.05, 0) is 56.4 Å². The van der Waals surface area contributed by atoms with Crippen LogP contribution >= 0.6 is 11.3 Å². The first-order valence-electron chi connectivity index (χ1n) is 7.74. The Morgan fingerprint density at radius 2 is 1.96 bits per heavy atom.